The number of nitrogens with one attached hydrogen (secondary N) is 1. The molecule has 0 unspecified atom stereocenters. The monoisotopic (exact) mass is 179 g/mol. The maximum atomic E-state index is 4.88. The summed E-state index contributed by atoms with van der Waals surface area (Å²) in [7, 11) is 0. The van der Waals surface area contributed by atoms with Crippen LogP contribution in [0.3, 0.4) is 0 Å². The second kappa shape index (κ2) is 3.30. The van der Waals surface area contributed by atoms with Crippen molar-refractivity contribution in [3.8, 4) is 0 Å². The molecule has 0 aliphatic carbocycles. The van der Waals surface area contributed by atoms with E-state index in [1.807, 2.05) is 13.0 Å². The number of hydrogen-bond donors (Lipinski definition) is 1. The quantitative estimate of drug-likeness (QED) is 0.774. The zero-order valence-corrected chi connectivity index (χ0v) is 7.15. The highest BCUT2D eigenvalue weighted by molar-refractivity contribution is 5.33. The van der Waals surface area contributed by atoms with Crippen molar-refractivity contribution in [2.45, 2.75) is 13.5 Å². The standard InChI is InChI=1S/C8H9N3O2/c1-6-2-8(11-13-6)9-3-7-4-12-5-10-7/h2,4-5H,3H2,1H3,(H,9,11). The average molecular weight is 179 g/mol. The lowest BCUT2D eigenvalue weighted by Crippen LogP contribution is -1.99. The minimum absolute atomic E-state index is 0.586. The molecule has 2 heterocycles. The van der Waals surface area contributed by atoms with E-state index in [1.54, 1.807) is 6.26 Å². The molecule has 0 amide bonds. The normalized spacial score (nSPS) is 10.2. The van der Waals surface area contributed by atoms with Crippen LogP contribution in [0, 0.1) is 6.92 Å². The summed E-state index contributed by atoms with van der Waals surface area (Å²) in [5.74, 6) is 1.49. The molecule has 5 nitrogen and oxygen atoms in total. The van der Waals surface area contributed by atoms with Crippen molar-refractivity contribution in [2.24, 2.45) is 0 Å². The fourth-order valence-electron chi connectivity index (χ4n) is 0.956. The van der Waals surface area contributed by atoms with Gasteiger partial charge < -0.3 is 14.3 Å². The van der Waals surface area contributed by atoms with E-state index in [9.17, 15) is 0 Å². The van der Waals surface area contributed by atoms with Crippen LogP contribution in [0.1, 0.15) is 11.5 Å². The smallest absolute Gasteiger partial charge is 0.180 e. The number of rotatable bonds is 3. The first-order valence-electron chi connectivity index (χ1n) is 3.89. The predicted molar refractivity (Wildman–Crippen MR) is 45.1 cm³/mol. The fraction of sp³-hybridized carbons (Fsp3) is 0.250. The Balaban J connectivity index is 1.93. The molecule has 0 aliphatic rings. The third-order valence-electron chi connectivity index (χ3n) is 1.56. The van der Waals surface area contributed by atoms with E-state index >= 15 is 0 Å². The highest BCUT2D eigenvalue weighted by Crippen LogP contribution is 2.08. The Morgan fingerprint density at radius 2 is 2.46 bits per heavy atom. The number of nitrogens with zero attached hydrogens (tertiary/aromatic N) is 2. The summed E-state index contributed by atoms with van der Waals surface area (Å²) in [6.45, 7) is 2.43. The Bertz CT molecular complexity index is 366. The van der Waals surface area contributed by atoms with Gasteiger partial charge in [-0.1, -0.05) is 5.16 Å². The Hall–Kier alpha value is -1.78. The second-order valence-electron chi connectivity index (χ2n) is 2.66. The second-order valence-corrected chi connectivity index (χ2v) is 2.66. The summed E-state index contributed by atoms with van der Waals surface area (Å²) in [5.41, 5.74) is 0.834. The number of oxazole rings is 1. The molecule has 5 heteroatoms. The summed E-state index contributed by atoms with van der Waals surface area (Å²) in [5, 5.41) is 6.81. The topological polar surface area (TPSA) is 64.1 Å². The molecule has 2 rings (SSSR count). The molecule has 0 spiro atoms. The minimum atomic E-state index is 0.586. The van der Waals surface area contributed by atoms with E-state index in [1.165, 1.54) is 6.39 Å². The van der Waals surface area contributed by atoms with Gasteiger partial charge in [0.1, 0.15) is 12.0 Å². The van der Waals surface area contributed by atoms with Gasteiger partial charge in [0.25, 0.3) is 0 Å². The van der Waals surface area contributed by atoms with Gasteiger partial charge >= 0.3 is 0 Å². The van der Waals surface area contributed by atoms with Crippen molar-refractivity contribution in [1.82, 2.24) is 10.1 Å². The molecule has 0 saturated carbocycles. The first kappa shape index (κ1) is 7.85. The van der Waals surface area contributed by atoms with Crippen LogP contribution in [0.5, 0.6) is 0 Å². The summed E-state index contributed by atoms with van der Waals surface area (Å²) in [6, 6.07) is 1.82. The van der Waals surface area contributed by atoms with E-state index < -0.39 is 0 Å². The van der Waals surface area contributed by atoms with Gasteiger partial charge in [-0.15, -0.1) is 0 Å². The van der Waals surface area contributed by atoms with Crippen LogP contribution in [0.2, 0.25) is 0 Å². The number of aryl methyl sites for hydroxylation is 1. The molecule has 1 N–H and O–H groups in total. The van der Waals surface area contributed by atoms with Crippen LogP contribution in [0.25, 0.3) is 0 Å². The van der Waals surface area contributed by atoms with Crippen molar-refractivity contribution in [2.75, 3.05) is 5.32 Å². The number of aromatic nitrogens is 2. The molecule has 68 valence electrons. The molecule has 0 atom stereocenters. The van der Waals surface area contributed by atoms with E-state index in [2.05, 4.69) is 15.5 Å². The van der Waals surface area contributed by atoms with Gasteiger partial charge in [-0.2, -0.15) is 0 Å². The first-order chi connectivity index (χ1) is 6.34. The zero-order chi connectivity index (χ0) is 9.10. The van der Waals surface area contributed by atoms with Gasteiger partial charge in [0.2, 0.25) is 0 Å². The van der Waals surface area contributed by atoms with Crippen molar-refractivity contribution >= 4 is 5.82 Å². The molecule has 0 radical (unpaired) electrons. The van der Waals surface area contributed by atoms with Crippen molar-refractivity contribution in [3.05, 3.63) is 30.2 Å². The Kier molecular flexibility index (Phi) is 1.99. The van der Waals surface area contributed by atoms with Gasteiger partial charge in [0, 0.05) is 6.07 Å². The molecule has 0 fully saturated rings. The molecule has 13 heavy (non-hydrogen) atoms. The van der Waals surface area contributed by atoms with Crippen LogP contribution in [-0.2, 0) is 6.54 Å². The highest BCUT2D eigenvalue weighted by Gasteiger charge is 2.00. The molecular formula is C8H9N3O2. The predicted octanol–water partition coefficient (Wildman–Crippen LogP) is 1.58. The van der Waals surface area contributed by atoms with Crippen LogP contribution < -0.4 is 5.32 Å². The molecule has 0 aromatic carbocycles. The van der Waals surface area contributed by atoms with Gasteiger partial charge in [0.15, 0.2) is 12.2 Å². The summed E-state index contributed by atoms with van der Waals surface area (Å²) >= 11 is 0. The largest absolute Gasteiger partial charge is 0.451 e. The SMILES string of the molecule is Cc1cc(NCc2cocn2)no1. The lowest BCUT2D eigenvalue weighted by molar-refractivity contribution is 0.399. The average Bonchev–Trinajstić information content (AvgIpc) is 2.71. The molecule has 0 saturated heterocycles. The third-order valence-corrected chi connectivity index (χ3v) is 1.56. The van der Waals surface area contributed by atoms with E-state index in [4.69, 9.17) is 8.94 Å². The van der Waals surface area contributed by atoms with Crippen LogP contribution in [0.15, 0.2) is 27.7 Å². The fourth-order valence-corrected chi connectivity index (χ4v) is 0.956. The van der Waals surface area contributed by atoms with E-state index in [0.29, 0.717) is 12.4 Å². The van der Waals surface area contributed by atoms with Crippen molar-refractivity contribution in [3.63, 3.8) is 0 Å². The first-order valence-corrected chi connectivity index (χ1v) is 3.89. The minimum Gasteiger partial charge on any atom is -0.451 e. The highest BCUT2D eigenvalue weighted by atomic mass is 16.5. The molecular weight excluding hydrogens is 170 g/mol. The molecule has 0 aliphatic heterocycles. The summed E-state index contributed by atoms with van der Waals surface area (Å²) in [4.78, 5) is 3.95. The van der Waals surface area contributed by atoms with Crippen LogP contribution in [0.4, 0.5) is 5.82 Å². The maximum Gasteiger partial charge on any atom is 0.180 e. The Morgan fingerprint density at radius 1 is 1.54 bits per heavy atom. The maximum absolute atomic E-state index is 4.88. The summed E-state index contributed by atoms with van der Waals surface area (Å²) < 4.78 is 9.69. The molecule has 0 bridgehead atoms. The van der Waals surface area contributed by atoms with Crippen molar-refractivity contribution < 1.29 is 8.94 Å². The summed E-state index contributed by atoms with van der Waals surface area (Å²) in [6.07, 6.45) is 2.98. The third kappa shape index (κ3) is 1.87. The molecule has 2 aromatic heterocycles. The van der Waals surface area contributed by atoms with Gasteiger partial charge in [-0.05, 0) is 6.92 Å². The zero-order valence-electron chi connectivity index (χ0n) is 7.15. The number of anilines is 1. The van der Waals surface area contributed by atoms with Gasteiger partial charge in [0.05, 0.1) is 12.2 Å². The van der Waals surface area contributed by atoms with E-state index in [0.717, 1.165) is 11.5 Å². The van der Waals surface area contributed by atoms with Gasteiger partial charge in [-0.3, -0.25) is 0 Å². The van der Waals surface area contributed by atoms with Crippen molar-refractivity contribution in [1.29, 1.82) is 0 Å². The lowest BCUT2D eigenvalue weighted by atomic mass is 10.4. The molecule has 2 aromatic rings. The Morgan fingerprint density at radius 3 is 3.08 bits per heavy atom. The number of hydrogen-bond acceptors (Lipinski definition) is 5. The lowest BCUT2D eigenvalue weighted by Gasteiger charge is -1.95. The van der Waals surface area contributed by atoms with Crippen LogP contribution >= 0.6 is 0 Å². The van der Waals surface area contributed by atoms with E-state index in [-0.39, 0.29) is 0 Å². The Labute approximate surface area is 74.7 Å². The van der Waals surface area contributed by atoms with Gasteiger partial charge in [-0.25, -0.2) is 4.98 Å². The van der Waals surface area contributed by atoms with Crippen LogP contribution in [-0.4, -0.2) is 10.1 Å².